The van der Waals surface area contributed by atoms with E-state index in [1.807, 2.05) is 34.6 Å². The lowest BCUT2D eigenvalue weighted by Gasteiger charge is -2.42. The molecule has 0 aromatic heterocycles. The summed E-state index contributed by atoms with van der Waals surface area (Å²) in [5.41, 5.74) is 5.82. The summed E-state index contributed by atoms with van der Waals surface area (Å²) >= 11 is 0. The number of carbonyl (C=O) groups excluding carboxylic acids is 3. The predicted octanol–water partition coefficient (Wildman–Crippen LogP) is 4.41. The summed E-state index contributed by atoms with van der Waals surface area (Å²) < 4.78 is 28.5. The number of nitrogens with one attached hydrogen (secondary N) is 2. The lowest BCUT2D eigenvalue weighted by Crippen LogP contribution is -2.54. The van der Waals surface area contributed by atoms with E-state index in [0.29, 0.717) is 43.6 Å². The Morgan fingerprint density at radius 2 is 1.64 bits per heavy atom. The molecule has 0 saturated heterocycles. The average Bonchev–Trinajstić information content (AvgIpc) is 2.95. The monoisotopic (exact) mass is 618 g/mol. The van der Waals surface area contributed by atoms with Crippen molar-refractivity contribution in [1.82, 2.24) is 15.5 Å². The molecule has 0 saturated carbocycles. The van der Waals surface area contributed by atoms with Crippen LogP contribution in [0.3, 0.4) is 0 Å². The molecule has 0 fully saturated rings. The number of carbonyl (C=O) groups is 3. The van der Waals surface area contributed by atoms with Crippen LogP contribution >= 0.6 is 0 Å². The maximum absolute atomic E-state index is 14.3. The highest BCUT2D eigenvalue weighted by molar-refractivity contribution is 5.97. The normalized spacial score (nSPS) is 18.7. The van der Waals surface area contributed by atoms with Gasteiger partial charge >= 0.3 is 0 Å². The summed E-state index contributed by atoms with van der Waals surface area (Å²) in [5, 5.41) is 17.8. The molecular formula is C34H52F2N4O4. The third-order valence-electron chi connectivity index (χ3n) is 8.03. The Morgan fingerprint density at radius 3 is 2.16 bits per heavy atom. The molecule has 8 nitrogen and oxygen atoms in total. The Labute approximate surface area is 261 Å². The van der Waals surface area contributed by atoms with Crippen molar-refractivity contribution in [3.05, 3.63) is 58.7 Å². The molecule has 0 bridgehead atoms. The van der Waals surface area contributed by atoms with Crippen LogP contribution in [0.5, 0.6) is 0 Å². The maximum atomic E-state index is 14.3. The molecule has 44 heavy (non-hydrogen) atoms. The highest BCUT2D eigenvalue weighted by Gasteiger charge is 2.48. The summed E-state index contributed by atoms with van der Waals surface area (Å²) in [6.45, 7) is 13.2. The molecule has 1 unspecified atom stereocenters. The van der Waals surface area contributed by atoms with Crippen LogP contribution < -0.4 is 16.4 Å². The first-order valence-electron chi connectivity index (χ1n) is 15.9. The van der Waals surface area contributed by atoms with Crippen LogP contribution in [0, 0.1) is 28.9 Å². The number of hydrogen-bond donors (Lipinski definition) is 4. The van der Waals surface area contributed by atoms with E-state index in [1.165, 1.54) is 0 Å². The first-order valence-corrected chi connectivity index (χ1v) is 15.9. The van der Waals surface area contributed by atoms with Crippen LogP contribution in [0.1, 0.15) is 79.2 Å². The Morgan fingerprint density at radius 1 is 1.02 bits per heavy atom. The standard InChI is InChI=1S/C34H52F2N4O4/c1-7-10-29(31(42)39-20-22(4)5)38-21-30(41)28(16-24-14-26(35)17-27(36)15-24)34(33(37)44)18-23(6)13-25(19-34)32(43)40(11-8-2)12-9-3/h13-15,17-18,22,28-30,38,41H,7-12,16,19-21H2,1-6H3,(H2,37,44)(H,39,42)/t28-,29+,30+,34?/m1/s1. The van der Waals surface area contributed by atoms with Gasteiger partial charge in [-0.2, -0.15) is 0 Å². The number of primary amides is 1. The molecule has 5 N–H and O–H groups in total. The SMILES string of the molecule is CCC[C@H](NC[C@H](O)[C@@H](Cc1cc(F)cc(F)c1)C1(C(N)=O)C=C(C)C=C(C(=O)N(CCC)CCC)C1)C(=O)NCC(C)C. The van der Waals surface area contributed by atoms with E-state index < -0.39 is 41.0 Å². The van der Waals surface area contributed by atoms with Gasteiger partial charge in [-0.25, -0.2) is 8.78 Å². The number of amides is 3. The fourth-order valence-corrected chi connectivity index (χ4v) is 6.01. The Balaban J connectivity index is 2.53. The molecule has 2 rings (SSSR count). The summed E-state index contributed by atoms with van der Waals surface area (Å²) in [6, 6.07) is 2.49. The molecule has 1 aliphatic carbocycles. The van der Waals surface area contributed by atoms with E-state index in [-0.39, 0.29) is 42.7 Å². The van der Waals surface area contributed by atoms with Crippen molar-refractivity contribution in [3.63, 3.8) is 0 Å². The zero-order valence-electron chi connectivity index (χ0n) is 27.2. The molecule has 0 spiro atoms. The number of halogens is 2. The van der Waals surface area contributed by atoms with Gasteiger partial charge in [0.25, 0.3) is 0 Å². The predicted molar refractivity (Wildman–Crippen MR) is 169 cm³/mol. The minimum atomic E-state index is -1.54. The van der Waals surface area contributed by atoms with Gasteiger partial charge in [0.1, 0.15) is 11.6 Å². The van der Waals surface area contributed by atoms with Crippen LogP contribution in [-0.2, 0) is 20.8 Å². The number of aliphatic hydroxyl groups excluding tert-OH is 1. The number of rotatable bonds is 18. The fraction of sp³-hybridized carbons (Fsp3) is 0.618. The zero-order valence-corrected chi connectivity index (χ0v) is 27.2. The van der Waals surface area contributed by atoms with Gasteiger partial charge in [-0.3, -0.25) is 14.4 Å². The second kappa shape index (κ2) is 17.4. The maximum Gasteiger partial charge on any atom is 0.249 e. The van der Waals surface area contributed by atoms with Crippen LogP contribution in [-0.4, -0.2) is 66.1 Å². The Bertz CT molecular complexity index is 1180. The molecule has 1 aromatic carbocycles. The first kappa shape index (κ1) is 37.1. The van der Waals surface area contributed by atoms with E-state index in [4.69, 9.17) is 5.73 Å². The molecule has 246 valence electrons. The molecule has 10 heteroatoms. The summed E-state index contributed by atoms with van der Waals surface area (Å²) in [6.07, 6.45) is 4.71. The van der Waals surface area contributed by atoms with E-state index in [2.05, 4.69) is 10.6 Å². The Hall–Kier alpha value is -3.11. The number of aliphatic hydroxyl groups is 1. The van der Waals surface area contributed by atoms with Gasteiger partial charge in [0, 0.05) is 43.7 Å². The van der Waals surface area contributed by atoms with Crippen molar-refractivity contribution in [2.45, 2.75) is 92.2 Å². The number of benzene rings is 1. The van der Waals surface area contributed by atoms with Crippen molar-refractivity contribution >= 4 is 17.7 Å². The highest BCUT2D eigenvalue weighted by atomic mass is 19.1. The fourth-order valence-electron chi connectivity index (χ4n) is 6.01. The van der Waals surface area contributed by atoms with E-state index in [9.17, 15) is 28.3 Å². The number of allylic oxidation sites excluding steroid dienone is 2. The molecule has 0 radical (unpaired) electrons. The molecule has 4 atom stereocenters. The van der Waals surface area contributed by atoms with Gasteiger partial charge in [0.15, 0.2) is 0 Å². The van der Waals surface area contributed by atoms with Gasteiger partial charge in [-0.15, -0.1) is 0 Å². The second-order valence-corrected chi connectivity index (χ2v) is 12.5. The quantitative estimate of drug-likeness (QED) is 0.194. The topological polar surface area (TPSA) is 125 Å². The van der Waals surface area contributed by atoms with E-state index >= 15 is 0 Å². The molecular weight excluding hydrogens is 566 g/mol. The third-order valence-corrected chi connectivity index (χ3v) is 8.03. The van der Waals surface area contributed by atoms with Crippen LogP contribution in [0.25, 0.3) is 0 Å². The van der Waals surface area contributed by atoms with E-state index in [0.717, 1.165) is 31.0 Å². The van der Waals surface area contributed by atoms with Crippen LogP contribution in [0.2, 0.25) is 0 Å². The molecule has 3 amide bonds. The molecule has 1 aliphatic rings. The van der Waals surface area contributed by atoms with Crippen molar-refractivity contribution in [1.29, 1.82) is 0 Å². The van der Waals surface area contributed by atoms with Gasteiger partial charge in [-0.05, 0) is 62.6 Å². The van der Waals surface area contributed by atoms with Crippen LogP contribution in [0.4, 0.5) is 8.78 Å². The second-order valence-electron chi connectivity index (χ2n) is 12.5. The lowest BCUT2D eigenvalue weighted by atomic mass is 9.63. The first-order chi connectivity index (χ1) is 20.8. The largest absolute Gasteiger partial charge is 0.391 e. The van der Waals surface area contributed by atoms with E-state index in [1.54, 1.807) is 24.0 Å². The van der Waals surface area contributed by atoms with Gasteiger partial charge in [0.2, 0.25) is 17.7 Å². The average molecular weight is 619 g/mol. The summed E-state index contributed by atoms with van der Waals surface area (Å²) in [7, 11) is 0. The lowest BCUT2D eigenvalue weighted by molar-refractivity contribution is -0.132. The minimum Gasteiger partial charge on any atom is -0.391 e. The smallest absolute Gasteiger partial charge is 0.249 e. The number of hydrogen-bond acceptors (Lipinski definition) is 5. The molecule has 0 aliphatic heterocycles. The summed E-state index contributed by atoms with van der Waals surface area (Å²) in [4.78, 5) is 41.8. The molecule has 0 heterocycles. The number of nitrogens with zero attached hydrogens (tertiary/aromatic N) is 1. The third kappa shape index (κ3) is 10.2. The highest BCUT2D eigenvalue weighted by Crippen LogP contribution is 2.44. The van der Waals surface area contributed by atoms with Gasteiger partial charge in [-0.1, -0.05) is 58.8 Å². The van der Waals surface area contributed by atoms with Crippen molar-refractivity contribution < 1.29 is 28.3 Å². The summed E-state index contributed by atoms with van der Waals surface area (Å²) in [5.74, 6) is -3.46. The minimum absolute atomic E-state index is 0.0742. The van der Waals surface area contributed by atoms with Gasteiger partial charge in [0.05, 0.1) is 17.6 Å². The number of nitrogens with two attached hydrogens (primary N) is 1. The van der Waals surface area contributed by atoms with Crippen molar-refractivity contribution in [2.75, 3.05) is 26.2 Å². The van der Waals surface area contributed by atoms with Crippen molar-refractivity contribution in [2.24, 2.45) is 23.0 Å². The molecule has 1 aromatic rings. The zero-order chi connectivity index (χ0) is 33.0. The Kier molecular flexibility index (Phi) is 14.7. The van der Waals surface area contributed by atoms with Crippen LogP contribution in [0.15, 0.2) is 41.5 Å². The van der Waals surface area contributed by atoms with Crippen molar-refractivity contribution in [3.8, 4) is 0 Å². The van der Waals surface area contributed by atoms with Gasteiger partial charge < -0.3 is 26.4 Å².